The second-order valence-corrected chi connectivity index (χ2v) is 11.7. The summed E-state index contributed by atoms with van der Waals surface area (Å²) in [6, 6.07) is 23.8. The first-order chi connectivity index (χ1) is 21.4. The van der Waals surface area contributed by atoms with Gasteiger partial charge in [0.1, 0.15) is 0 Å². The van der Waals surface area contributed by atoms with Crippen LogP contribution in [-0.4, -0.2) is 61.0 Å². The van der Waals surface area contributed by atoms with Crippen molar-refractivity contribution in [3.63, 3.8) is 0 Å². The number of allylic oxidation sites excluding steroid dienone is 3. The molecule has 8 nitrogen and oxygen atoms in total. The number of benzene rings is 2. The highest BCUT2D eigenvalue weighted by Gasteiger charge is 2.10. The Morgan fingerprint density at radius 2 is 1.39 bits per heavy atom. The molecule has 0 bridgehead atoms. The summed E-state index contributed by atoms with van der Waals surface area (Å²) in [6.45, 7) is 5.03. The molecule has 3 aromatic rings. The zero-order valence-electron chi connectivity index (χ0n) is 25.2. The van der Waals surface area contributed by atoms with E-state index in [1.54, 1.807) is 23.5 Å². The van der Waals surface area contributed by atoms with Crippen LogP contribution in [0.3, 0.4) is 0 Å². The van der Waals surface area contributed by atoms with Crippen molar-refractivity contribution in [3.8, 4) is 0 Å². The fraction of sp³-hybridized carbons (Fsp3) is 0.235. The highest BCUT2D eigenvalue weighted by atomic mass is 32.2. The number of aliphatic imine (C=N–C) groups is 1. The molecule has 0 saturated carbocycles. The van der Waals surface area contributed by atoms with Crippen molar-refractivity contribution < 1.29 is 14.2 Å². The number of hydrogen-bond acceptors (Lipinski definition) is 9. The van der Waals surface area contributed by atoms with Crippen molar-refractivity contribution in [2.24, 2.45) is 15.2 Å². The SMILES string of the molecule is C=CC(/C=N/N(C)c1ccccc1)=C\C=N\CCSC(=O)CCC(=O)SCC[n+]1ccc(/C=N/N(C)c2ccccc2)cc1. The van der Waals surface area contributed by atoms with Crippen molar-refractivity contribution in [1.82, 2.24) is 0 Å². The van der Waals surface area contributed by atoms with Gasteiger partial charge < -0.3 is 0 Å². The lowest BCUT2D eigenvalue weighted by Gasteiger charge is -2.12. The molecule has 0 atom stereocenters. The molecule has 1 heterocycles. The summed E-state index contributed by atoms with van der Waals surface area (Å²) in [6.07, 6.45) is 13.2. The van der Waals surface area contributed by atoms with Crippen molar-refractivity contribution in [2.75, 3.05) is 42.2 Å². The van der Waals surface area contributed by atoms with Crippen molar-refractivity contribution in [2.45, 2.75) is 19.4 Å². The second-order valence-electron chi connectivity index (χ2n) is 9.44. The van der Waals surface area contributed by atoms with E-state index in [0.29, 0.717) is 24.6 Å². The van der Waals surface area contributed by atoms with Crippen LogP contribution in [0.2, 0.25) is 0 Å². The normalized spacial score (nSPS) is 11.8. The van der Waals surface area contributed by atoms with E-state index >= 15 is 0 Å². The molecule has 0 saturated heterocycles. The predicted molar refractivity (Wildman–Crippen MR) is 188 cm³/mol. The smallest absolute Gasteiger partial charge is 0.189 e. The van der Waals surface area contributed by atoms with Crippen LogP contribution in [0.15, 0.2) is 125 Å². The van der Waals surface area contributed by atoms with E-state index < -0.39 is 0 Å². The minimum Gasteiger partial charge on any atom is -0.292 e. The maximum atomic E-state index is 12.3. The average Bonchev–Trinajstić information content (AvgIpc) is 3.06. The molecule has 10 heteroatoms. The van der Waals surface area contributed by atoms with Crippen LogP contribution in [-0.2, 0) is 16.1 Å². The highest BCUT2D eigenvalue weighted by molar-refractivity contribution is 8.14. The first-order valence-electron chi connectivity index (χ1n) is 14.2. The Balaban J connectivity index is 1.26. The first-order valence-corrected chi connectivity index (χ1v) is 16.2. The zero-order valence-corrected chi connectivity index (χ0v) is 26.9. The summed E-state index contributed by atoms with van der Waals surface area (Å²) in [5.74, 6) is 1.22. The van der Waals surface area contributed by atoms with E-state index in [1.165, 1.54) is 23.5 Å². The minimum atomic E-state index is 0.0112. The summed E-state index contributed by atoms with van der Waals surface area (Å²) in [7, 11) is 3.79. The highest BCUT2D eigenvalue weighted by Crippen LogP contribution is 2.14. The predicted octanol–water partition coefficient (Wildman–Crippen LogP) is 6.05. The van der Waals surface area contributed by atoms with Gasteiger partial charge >= 0.3 is 0 Å². The Bertz CT molecular complexity index is 1440. The molecule has 0 spiro atoms. The standard InChI is InChI=1S/C34H39N6O2S2/c1-4-29(27-36-38(2)31-11-7-5-8-12-31)17-20-35-21-25-43-33(41)15-16-34(42)44-26-24-40-22-18-30(19-23-40)28-37-39(3)32-13-9-6-10-14-32/h4-14,17-20,22-23,27-28H,1,15-16,21,24-26H2,2-3H3/q+1/b29-17+,35-20+,36-27+. The molecule has 44 heavy (non-hydrogen) atoms. The van der Waals surface area contributed by atoms with E-state index in [1.807, 2.05) is 121 Å². The van der Waals surface area contributed by atoms with Gasteiger partial charge in [-0.25, -0.2) is 4.57 Å². The quantitative estimate of drug-likeness (QED) is 0.0596. The third-order valence-corrected chi connectivity index (χ3v) is 8.00. The number of anilines is 2. The summed E-state index contributed by atoms with van der Waals surface area (Å²) in [5.41, 5.74) is 3.81. The molecule has 0 amide bonds. The summed E-state index contributed by atoms with van der Waals surface area (Å²) in [5, 5.41) is 12.5. The number of thioether (sulfide) groups is 2. The summed E-state index contributed by atoms with van der Waals surface area (Å²) < 4.78 is 2.03. The monoisotopic (exact) mass is 627 g/mol. The van der Waals surface area contributed by atoms with Gasteiger partial charge in [0, 0.05) is 63.1 Å². The molecule has 0 aliphatic carbocycles. The van der Waals surface area contributed by atoms with Gasteiger partial charge in [-0.15, -0.1) is 0 Å². The molecule has 0 aliphatic heterocycles. The van der Waals surface area contributed by atoms with E-state index in [0.717, 1.165) is 22.5 Å². The zero-order chi connectivity index (χ0) is 31.4. The van der Waals surface area contributed by atoms with Gasteiger partial charge in [-0.1, -0.05) is 72.6 Å². The summed E-state index contributed by atoms with van der Waals surface area (Å²) >= 11 is 2.48. The van der Waals surface area contributed by atoms with E-state index in [9.17, 15) is 9.59 Å². The molecule has 228 valence electrons. The van der Waals surface area contributed by atoms with Gasteiger partial charge in [0.15, 0.2) is 29.2 Å². The number of para-hydroxylation sites is 2. The molecule has 0 N–H and O–H groups in total. The lowest BCUT2D eigenvalue weighted by Crippen LogP contribution is -2.34. The summed E-state index contributed by atoms with van der Waals surface area (Å²) in [4.78, 5) is 28.8. The van der Waals surface area contributed by atoms with E-state index in [2.05, 4.69) is 21.8 Å². The third kappa shape index (κ3) is 13.4. The number of aromatic nitrogens is 1. The van der Waals surface area contributed by atoms with Crippen LogP contribution in [0.25, 0.3) is 0 Å². The Kier molecular flexibility index (Phi) is 15.4. The van der Waals surface area contributed by atoms with Gasteiger partial charge in [-0.05, 0) is 35.9 Å². The van der Waals surface area contributed by atoms with Crippen LogP contribution in [0.1, 0.15) is 18.4 Å². The van der Waals surface area contributed by atoms with Crippen LogP contribution in [0, 0.1) is 0 Å². The average molecular weight is 628 g/mol. The molecular weight excluding hydrogens is 589 g/mol. The number of aryl methyl sites for hydroxylation is 1. The fourth-order valence-corrected chi connectivity index (χ4v) is 5.08. The third-order valence-electron chi connectivity index (χ3n) is 6.17. The number of rotatable bonds is 17. The number of pyridine rings is 1. The molecule has 0 unspecified atom stereocenters. The number of hydrazone groups is 2. The molecule has 0 radical (unpaired) electrons. The Hall–Kier alpha value is -4.28. The van der Waals surface area contributed by atoms with Gasteiger partial charge in [-0.2, -0.15) is 10.2 Å². The van der Waals surface area contributed by atoms with Gasteiger partial charge in [-0.3, -0.25) is 24.6 Å². The molecule has 0 aliphatic rings. The molecule has 3 rings (SSSR count). The van der Waals surface area contributed by atoms with Gasteiger partial charge in [0.05, 0.1) is 29.6 Å². The van der Waals surface area contributed by atoms with Gasteiger partial charge in [0.25, 0.3) is 0 Å². The Morgan fingerprint density at radius 1 is 0.818 bits per heavy atom. The molecule has 2 aromatic carbocycles. The lowest BCUT2D eigenvalue weighted by atomic mass is 10.3. The maximum Gasteiger partial charge on any atom is 0.189 e. The largest absolute Gasteiger partial charge is 0.292 e. The Labute approximate surface area is 269 Å². The van der Waals surface area contributed by atoms with Crippen molar-refractivity contribution in [3.05, 3.63) is 115 Å². The van der Waals surface area contributed by atoms with Crippen molar-refractivity contribution >= 4 is 63.8 Å². The minimum absolute atomic E-state index is 0.0112. The number of carbonyl (C=O) groups is 2. The van der Waals surface area contributed by atoms with Gasteiger partial charge in [0.2, 0.25) is 0 Å². The van der Waals surface area contributed by atoms with Crippen molar-refractivity contribution in [1.29, 1.82) is 0 Å². The first kappa shape index (κ1) is 34.2. The van der Waals surface area contributed by atoms with E-state index in [4.69, 9.17) is 0 Å². The molecule has 1 aromatic heterocycles. The Morgan fingerprint density at radius 3 is 1.98 bits per heavy atom. The van der Waals surface area contributed by atoms with Crippen LogP contribution < -0.4 is 14.6 Å². The van der Waals surface area contributed by atoms with Crippen LogP contribution >= 0.6 is 23.5 Å². The topological polar surface area (TPSA) is 81.6 Å². The number of hydrogen-bond donors (Lipinski definition) is 0. The lowest BCUT2D eigenvalue weighted by molar-refractivity contribution is -0.692. The fourth-order valence-electron chi connectivity index (χ4n) is 3.63. The number of carbonyl (C=O) groups excluding carboxylic acids is 2. The molecule has 0 fully saturated rings. The second kappa shape index (κ2) is 19.8. The van der Waals surface area contributed by atoms with E-state index in [-0.39, 0.29) is 23.1 Å². The maximum absolute atomic E-state index is 12.3. The van der Waals surface area contributed by atoms with Crippen LogP contribution in [0.5, 0.6) is 0 Å². The number of nitrogens with zero attached hydrogens (tertiary/aromatic N) is 6. The molecular formula is C34H39N6O2S2+. The van der Waals surface area contributed by atoms with Crippen LogP contribution in [0.4, 0.5) is 11.4 Å².